The van der Waals surface area contributed by atoms with Gasteiger partial charge in [-0.1, -0.05) is 12.1 Å². The highest BCUT2D eigenvalue weighted by molar-refractivity contribution is 5.67. The molecule has 0 unspecified atom stereocenters. The van der Waals surface area contributed by atoms with Gasteiger partial charge in [-0.2, -0.15) is 26.3 Å². The molecule has 0 heterocycles. The van der Waals surface area contributed by atoms with Crippen LogP contribution in [0.5, 0.6) is 0 Å². The summed E-state index contributed by atoms with van der Waals surface area (Å²) < 4.78 is 74.9. The number of nitrogens with two attached hydrogens (primary N) is 1. The number of alkyl halides is 6. The average molecular weight is 334 g/mol. The third kappa shape index (κ3) is 4.30. The van der Waals surface area contributed by atoms with Crippen molar-refractivity contribution in [3.63, 3.8) is 0 Å². The molecular weight excluding hydrogens is 322 g/mol. The van der Waals surface area contributed by atoms with E-state index in [9.17, 15) is 26.3 Å². The van der Waals surface area contributed by atoms with Gasteiger partial charge in [0.05, 0.1) is 22.5 Å². The molecule has 0 radical (unpaired) electrons. The smallest absolute Gasteiger partial charge is 0.397 e. The summed E-state index contributed by atoms with van der Waals surface area (Å²) in [6.07, 6.45) is -8.90. The molecule has 0 aliphatic rings. The lowest BCUT2D eigenvalue weighted by Gasteiger charge is -2.13. The highest BCUT2D eigenvalue weighted by Gasteiger charge is 2.31. The molecule has 0 saturated carbocycles. The van der Waals surface area contributed by atoms with Crippen LogP contribution in [0.1, 0.15) is 16.7 Å². The molecule has 0 saturated heterocycles. The van der Waals surface area contributed by atoms with E-state index in [0.29, 0.717) is 5.56 Å². The van der Waals surface area contributed by atoms with Crippen LogP contribution in [-0.4, -0.2) is 0 Å². The van der Waals surface area contributed by atoms with Gasteiger partial charge in [-0.25, -0.2) is 0 Å². The van der Waals surface area contributed by atoms with Crippen LogP contribution < -0.4 is 11.1 Å². The molecule has 0 aromatic heterocycles. The average Bonchev–Trinajstić information content (AvgIpc) is 2.44. The Bertz CT molecular complexity index is 674. The standard InChI is InChI=1S/C15H12F6N2/c16-14(17,18)10-3-1-9(2-4-10)8-23-13-6-5-11(7-12(13)22)15(19,20)21/h1-7,23H,8,22H2. The molecule has 3 N–H and O–H groups in total. The third-order valence-electron chi connectivity index (χ3n) is 3.14. The van der Waals surface area contributed by atoms with Crippen LogP contribution in [0, 0.1) is 0 Å². The first-order valence-electron chi connectivity index (χ1n) is 6.44. The predicted molar refractivity (Wildman–Crippen MR) is 74.6 cm³/mol. The van der Waals surface area contributed by atoms with Crippen LogP contribution in [0.25, 0.3) is 0 Å². The van der Waals surface area contributed by atoms with Crippen molar-refractivity contribution in [2.24, 2.45) is 0 Å². The van der Waals surface area contributed by atoms with Gasteiger partial charge in [0, 0.05) is 6.54 Å². The van der Waals surface area contributed by atoms with E-state index in [1.54, 1.807) is 0 Å². The number of benzene rings is 2. The zero-order valence-electron chi connectivity index (χ0n) is 11.6. The SMILES string of the molecule is Nc1cc(C(F)(F)F)ccc1NCc1ccc(C(F)(F)F)cc1. The first-order valence-corrected chi connectivity index (χ1v) is 6.44. The lowest BCUT2D eigenvalue weighted by Crippen LogP contribution is -2.08. The Morgan fingerprint density at radius 1 is 0.783 bits per heavy atom. The van der Waals surface area contributed by atoms with Crippen molar-refractivity contribution in [2.45, 2.75) is 18.9 Å². The fraction of sp³-hybridized carbons (Fsp3) is 0.200. The first-order chi connectivity index (χ1) is 10.6. The first kappa shape index (κ1) is 17.0. The van der Waals surface area contributed by atoms with E-state index in [0.717, 1.165) is 24.3 Å². The van der Waals surface area contributed by atoms with Crippen LogP contribution in [0.4, 0.5) is 37.7 Å². The number of hydrogen-bond donors (Lipinski definition) is 2. The molecule has 2 aromatic rings. The Balaban J connectivity index is 2.06. The number of hydrogen-bond acceptors (Lipinski definition) is 2. The maximum atomic E-state index is 12.5. The minimum Gasteiger partial charge on any atom is -0.397 e. The summed E-state index contributed by atoms with van der Waals surface area (Å²) in [4.78, 5) is 0. The van der Waals surface area contributed by atoms with Crippen LogP contribution in [0.15, 0.2) is 42.5 Å². The molecule has 0 spiro atoms. The Hall–Kier alpha value is -2.38. The highest BCUT2D eigenvalue weighted by atomic mass is 19.4. The van der Waals surface area contributed by atoms with Gasteiger partial charge in [0.1, 0.15) is 0 Å². The molecule has 23 heavy (non-hydrogen) atoms. The van der Waals surface area contributed by atoms with Gasteiger partial charge >= 0.3 is 12.4 Å². The van der Waals surface area contributed by atoms with E-state index in [4.69, 9.17) is 5.73 Å². The Labute approximate surface area is 127 Å². The van der Waals surface area contributed by atoms with E-state index in [-0.39, 0.29) is 17.9 Å². The van der Waals surface area contributed by atoms with Crippen molar-refractivity contribution < 1.29 is 26.3 Å². The Morgan fingerprint density at radius 2 is 1.30 bits per heavy atom. The number of anilines is 2. The van der Waals surface area contributed by atoms with Crippen molar-refractivity contribution in [1.82, 2.24) is 0 Å². The van der Waals surface area contributed by atoms with Gasteiger partial charge in [0.2, 0.25) is 0 Å². The van der Waals surface area contributed by atoms with Gasteiger partial charge in [-0.05, 0) is 35.9 Å². The number of halogens is 6. The molecule has 0 fully saturated rings. The summed E-state index contributed by atoms with van der Waals surface area (Å²) in [5.41, 5.74) is 4.64. The fourth-order valence-electron chi connectivity index (χ4n) is 1.91. The van der Waals surface area contributed by atoms with Crippen LogP contribution in [0.3, 0.4) is 0 Å². The number of nitrogen functional groups attached to an aromatic ring is 1. The molecular formula is C15H12F6N2. The monoisotopic (exact) mass is 334 g/mol. The second-order valence-electron chi connectivity index (χ2n) is 4.85. The molecule has 0 aliphatic carbocycles. The number of rotatable bonds is 3. The maximum absolute atomic E-state index is 12.5. The quantitative estimate of drug-likeness (QED) is 0.618. The minimum atomic E-state index is -4.49. The highest BCUT2D eigenvalue weighted by Crippen LogP contribution is 2.33. The summed E-state index contributed by atoms with van der Waals surface area (Å²) in [7, 11) is 0. The van der Waals surface area contributed by atoms with E-state index >= 15 is 0 Å². The second-order valence-corrected chi connectivity index (χ2v) is 4.85. The fourth-order valence-corrected chi connectivity index (χ4v) is 1.91. The van der Waals surface area contributed by atoms with Gasteiger partial charge in [-0.3, -0.25) is 0 Å². The predicted octanol–water partition coefficient (Wildman–Crippen LogP) is 4.92. The maximum Gasteiger partial charge on any atom is 0.416 e. The lowest BCUT2D eigenvalue weighted by molar-refractivity contribution is -0.138. The van der Waals surface area contributed by atoms with Crippen molar-refractivity contribution in [3.05, 3.63) is 59.2 Å². The van der Waals surface area contributed by atoms with Crippen molar-refractivity contribution in [2.75, 3.05) is 11.1 Å². The lowest BCUT2D eigenvalue weighted by atomic mass is 10.1. The van der Waals surface area contributed by atoms with E-state index in [1.807, 2.05) is 0 Å². The topological polar surface area (TPSA) is 38.0 Å². The van der Waals surface area contributed by atoms with Gasteiger partial charge in [0.15, 0.2) is 0 Å². The van der Waals surface area contributed by atoms with Crippen LogP contribution in [0.2, 0.25) is 0 Å². The Morgan fingerprint density at radius 3 is 1.78 bits per heavy atom. The van der Waals surface area contributed by atoms with Gasteiger partial charge in [0.25, 0.3) is 0 Å². The summed E-state index contributed by atoms with van der Waals surface area (Å²) in [5, 5.41) is 2.79. The molecule has 0 atom stereocenters. The summed E-state index contributed by atoms with van der Waals surface area (Å²) in [6, 6.07) is 7.31. The van der Waals surface area contributed by atoms with Crippen molar-refractivity contribution >= 4 is 11.4 Å². The van der Waals surface area contributed by atoms with Crippen molar-refractivity contribution in [3.8, 4) is 0 Å². The summed E-state index contributed by atoms with van der Waals surface area (Å²) in [5.74, 6) is 0. The van der Waals surface area contributed by atoms with Crippen LogP contribution >= 0.6 is 0 Å². The minimum absolute atomic E-state index is 0.0910. The molecule has 0 aliphatic heterocycles. The Kier molecular flexibility index (Phi) is 4.44. The molecule has 2 rings (SSSR count). The van der Waals surface area contributed by atoms with Gasteiger partial charge in [-0.15, -0.1) is 0 Å². The molecule has 124 valence electrons. The zero-order valence-corrected chi connectivity index (χ0v) is 11.6. The second kappa shape index (κ2) is 6.02. The molecule has 0 amide bonds. The summed E-state index contributed by atoms with van der Waals surface area (Å²) in [6.45, 7) is 0.133. The molecule has 8 heteroatoms. The van der Waals surface area contributed by atoms with Crippen molar-refractivity contribution in [1.29, 1.82) is 0 Å². The zero-order chi connectivity index (χ0) is 17.3. The third-order valence-corrected chi connectivity index (χ3v) is 3.14. The largest absolute Gasteiger partial charge is 0.416 e. The summed E-state index contributed by atoms with van der Waals surface area (Å²) >= 11 is 0. The van der Waals surface area contributed by atoms with E-state index < -0.39 is 23.5 Å². The van der Waals surface area contributed by atoms with Crippen LogP contribution in [-0.2, 0) is 18.9 Å². The van der Waals surface area contributed by atoms with E-state index in [1.165, 1.54) is 18.2 Å². The van der Waals surface area contributed by atoms with Gasteiger partial charge < -0.3 is 11.1 Å². The van der Waals surface area contributed by atoms with E-state index in [2.05, 4.69) is 5.32 Å². The molecule has 2 aromatic carbocycles. The molecule has 0 bridgehead atoms. The number of nitrogens with one attached hydrogen (secondary N) is 1. The molecule has 2 nitrogen and oxygen atoms in total. The normalized spacial score (nSPS) is 12.3.